The summed E-state index contributed by atoms with van der Waals surface area (Å²) in [4.78, 5) is 24.4. The molecule has 2 aromatic rings. The van der Waals surface area contributed by atoms with Gasteiger partial charge in [-0.3, -0.25) is 9.59 Å². The van der Waals surface area contributed by atoms with Gasteiger partial charge in [-0.25, -0.2) is 0 Å². The summed E-state index contributed by atoms with van der Waals surface area (Å²) < 4.78 is 0. The third-order valence-corrected chi connectivity index (χ3v) is 4.52. The molecule has 0 aromatic heterocycles. The summed E-state index contributed by atoms with van der Waals surface area (Å²) in [6.07, 6.45) is 6.02. The Morgan fingerprint density at radius 2 is 1.88 bits per heavy atom. The van der Waals surface area contributed by atoms with Crippen LogP contribution in [0.3, 0.4) is 0 Å². The van der Waals surface area contributed by atoms with Crippen molar-refractivity contribution in [2.75, 3.05) is 5.32 Å². The second-order valence-electron chi connectivity index (χ2n) is 5.90. The predicted molar refractivity (Wildman–Crippen MR) is 103 cm³/mol. The molecule has 0 fully saturated rings. The van der Waals surface area contributed by atoms with Crippen molar-refractivity contribution in [1.82, 2.24) is 0 Å². The monoisotopic (exact) mass is 387 g/mol. The normalized spacial score (nSPS) is 19.1. The Balaban J connectivity index is 1.74. The number of halogens is 2. The molecular formula is C20H15Cl2NO3. The summed E-state index contributed by atoms with van der Waals surface area (Å²) in [5.41, 5.74) is -0.524. The van der Waals surface area contributed by atoms with Gasteiger partial charge in [0.15, 0.2) is 11.4 Å². The van der Waals surface area contributed by atoms with Gasteiger partial charge in [0, 0.05) is 10.6 Å². The number of hydrogen-bond acceptors (Lipinski definition) is 3. The molecule has 1 aliphatic heterocycles. The topological polar surface area (TPSA) is 66.4 Å². The number of carbonyl (C=O) groups excluding carboxylic acids is 2. The second-order valence-corrected chi connectivity index (χ2v) is 6.74. The Morgan fingerprint density at radius 3 is 2.62 bits per heavy atom. The molecule has 0 saturated carbocycles. The first-order chi connectivity index (χ1) is 12.4. The van der Waals surface area contributed by atoms with Gasteiger partial charge in [-0.15, -0.1) is 0 Å². The number of fused-ring (bicyclic) bond motifs is 1. The maximum absolute atomic E-state index is 12.2. The summed E-state index contributed by atoms with van der Waals surface area (Å²) in [6.45, 7) is 0. The first-order valence-corrected chi connectivity index (χ1v) is 8.62. The lowest BCUT2D eigenvalue weighted by Gasteiger charge is -2.20. The standard InChI is InChI=1S/C20H15Cl2NO3/c21-14-10-16(22)18-17(11-14)23-19(25)20(18,26)12-15(24)9-5-4-8-13-6-2-1-3-7-13/h1-11,26H,12H2,(H,23,25)/b8-4+,9-5+/t20-/m0/s1. The Labute approximate surface area is 160 Å². The molecule has 132 valence electrons. The van der Waals surface area contributed by atoms with Gasteiger partial charge in [0.2, 0.25) is 0 Å². The Hall–Kier alpha value is -2.40. The molecule has 0 saturated heterocycles. The molecule has 0 unspecified atom stereocenters. The van der Waals surface area contributed by atoms with Crippen molar-refractivity contribution in [2.45, 2.75) is 12.0 Å². The van der Waals surface area contributed by atoms with Gasteiger partial charge in [0.05, 0.1) is 17.1 Å². The highest BCUT2D eigenvalue weighted by Gasteiger charge is 2.48. The molecule has 3 rings (SSSR count). The lowest BCUT2D eigenvalue weighted by Crippen LogP contribution is -2.36. The van der Waals surface area contributed by atoms with E-state index in [0.29, 0.717) is 10.7 Å². The van der Waals surface area contributed by atoms with Crippen LogP contribution < -0.4 is 5.32 Å². The van der Waals surface area contributed by atoms with Gasteiger partial charge in [-0.1, -0.05) is 71.8 Å². The van der Waals surface area contributed by atoms with E-state index in [9.17, 15) is 14.7 Å². The zero-order valence-corrected chi connectivity index (χ0v) is 15.1. The highest BCUT2D eigenvalue weighted by molar-refractivity contribution is 6.36. The van der Waals surface area contributed by atoms with Gasteiger partial charge >= 0.3 is 0 Å². The number of benzene rings is 2. The number of allylic oxidation sites excluding steroid dienone is 3. The van der Waals surface area contributed by atoms with Crippen LogP contribution >= 0.6 is 23.2 Å². The van der Waals surface area contributed by atoms with Crippen molar-refractivity contribution >= 4 is 46.7 Å². The van der Waals surface area contributed by atoms with E-state index in [-0.39, 0.29) is 10.6 Å². The number of nitrogens with one attached hydrogen (secondary N) is 1. The number of rotatable bonds is 5. The van der Waals surface area contributed by atoms with Crippen LogP contribution in [-0.2, 0) is 15.2 Å². The predicted octanol–water partition coefficient (Wildman–Crippen LogP) is 4.36. The summed E-state index contributed by atoms with van der Waals surface area (Å²) in [6, 6.07) is 12.5. The van der Waals surface area contributed by atoms with Crippen LogP contribution in [0.2, 0.25) is 10.0 Å². The first kappa shape index (κ1) is 18.4. The van der Waals surface area contributed by atoms with E-state index in [0.717, 1.165) is 5.56 Å². The zero-order chi connectivity index (χ0) is 18.7. The third kappa shape index (κ3) is 3.73. The van der Waals surface area contributed by atoms with Crippen molar-refractivity contribution in [3.63, 3.8) is 0 Å². The molecule has 1 atom stereocenters. The summed E-state index contributed by atoms with van der Waals surface area (Å²) in [5.74, 6) is -1.10. The molecule has 0 aliphatic carbocycles. The lowest BCUT2D eigenvalue weighted by atomic mass is 9.89. The minimum atomic E-state index is -2.01. The maximum Gasteiger partial charge on any atom is 0.261 e. The van der Waals surface area contributed by atoms with E-state index < -0.39 is 23.7 Å². The van der Waals surface area contributed by atoms with Crippen LogP contribution in [0.5, 0.6) is 0 Å². The van der Waals surface area contributed by atoms with E-state index in [1.165, 1.54) is 18.2 Å². The van der Waals surface area contributed by atoms with Gasteiger partial charge in [0.25, 0.3) is 5.91 Å². The Bertz CT molecular complexity index is 922. The molecule has 0 radical (unpaired) electrons. The molecule has 26 heavy (non-hydrogen) atoms. The number of hydrogen-bond donors (Lipinski definition) is 2. The van der Waals surface area contributed by atoms with E-state index >= 15 is 0 Å². The van der Waals surface area contributed by atoms with Crippen LogP contribution in [0.15, 0.2) is 60.7 Å². The minimum absolute atomic E-state index is 0.133. The number of carbonyl (C=O) groups is 2. The average Bonchev–Trinajstić information content (AvgIpc) is 2.82. The number of anilines is 1. The van der Waals surface area contributed by atoms with Crippen molar-refractivity contribution in [1.29, 1.82) is 0 Å². The number of ketones is 1. The van der Waals surface area contributed by atoms with Gasteiger partial charge < -0.3 is 10.4 Å². The van der Waals surface area contributed by atoms with Crippen molar-refractivity contribution in [3.8, 4) is 0 Å². The summed E-state index contributed by atoms with van der Waals surface area (Å²) >= 11 is 12.0. The van der Waals surface area contributed by atoms with E-state index in [2.05, 4.69) is 5.32 Å². The van der Waals surface area contributed by atoms with Crippen molar-refractivity contribution < 1.29 is 14.7 Å². The quantitative estimate of drug-likeness (QED) is 0.591. The number of aliphatic hydroxyl groups is 1. The van der Waals surface area contributed by atoms with Gasteiger partial charge in [-0.05, 0) is 23.8 Å². The van der Waals surface area contributed by atoms with Crippen LogP contribution in [-0.4, -0.2) is 16.8 Å². The fourth-order valence-electron chi connectivity index (χ4n) is 2.81. The minimum Gasteiger partial charge on any atom is -0.375 e. The Kier molecular flexibility index (Phi) is 5.28. The van der Waals surface area contributed by atoms with E-state index in [1.54, 1.807) is 12.2 Å². The average molecular weight is 388 g/mol. The summed E-state index contributed by atoms with van der Waals surface area (Å²) in [5, 5.41) is 13.8. The fourth-order valence-corrected chi connectivity index (χ4v) is 3.45. The smallest absolute Gasteiger partial charge is 0.261 e. The third-order valence-electron chi connectivity index (χ3n) is 4.00. The van der Waals surface area contributed by atoms with Crippen molar-refractivity contribution in [2.24, 2.45) is 0 Å². The van der Waals surface area contributed by atoms with Crippen LogP contribution in [0.25, 0.3) is 6.08 Å². The Morgan fingerprint density at radius 1 is 1.15 bits per heavy atom. The first-order valence-electron chi connectivity index (χ1n) is 7.86. The highest BCUT2D eigenvalue weighted by atomic mass is 35.5. The van der Waals surface area contributed by atoms with Crippen LogP contribution in [0.1, 0.15) is 17.5 Å². The molecule has 1 aliphatic rings. The second kappa shape index (κ2) is 7.46. The van der Waals surface area contributed by atoms with Crippen molar-refractivity contribution in [3.05, 3.63) is 81.9 Å². The van der Waals surface area contributed by atoms with Crippen LogP contribution in [0, 0.1) is 0 Å². The SMILES string of the molecule is O=C(/C=C/C=C/c1ccccc1)C[C@@]1(O)C(=O)Nc2cc(Cl)cc(Cl)c21. The molecule has 1 heterocycles. The van der Waals surface area contributed by atoms with Gasteiger partial charge in [-0.2, -0.15) is 0 Å². The molecular weight excluding hydrogens is 373 g/mol. The lowest BCUT2D eigenvalue weighted by molar-refractivity contribution is -0.138. The molecule has 0 spiro atoms. The van der Waals surface area contributed by atoms with Gasteiger partial charge in [0.1, 0.15) is 0 Å². The molecule has 4 nitrogen and oxygen atoms in total. The van der Waals surface area contributed by atoms with Crippen LogP contribution in [0.4, 0.5) is 5.69 Å². The largest absolute Gasteiger partial charge is 0.375 e. The zero-order valence-electron chi connectivity index (χ0n) is 13.6. The number of amides is 1. The highest BCUT2D eigenvalue weighted by Crippen LogP contribution is 2.44. The van der Waals surface area contributed by atoms with E-state index in [1.807, 2.05) is 36.4 Å². The molecule has 0 bridgehead atoms. The molecule has 2 aromatic carbocycles. The molecule has 1 amide bonds. The maximum atomic E-state index is 12.2. The fraction of sp³-hybridized carbons (Fsp3) is 0.100. The molecule has 6 heteroatoms. The molecule has 2 N–H and O–H groups in total. The summed E-state index contributed by atoms with van der Waals surface area (Å²) in [7, 11) is 0. The van der Waals surface area contributed by atoms with E-state index in [4.69, 9.17) is 23.2 Å².